The first kappa shape index (κ1) is 26.0. The van der Waals surface area contributed by atoms with E-state index in [-0.39, 0.29) is 23.2 Å². The van der Waals surface area contributed by atoms with E-state index in [1.165, 1.54) is 6.20 Å². The number of nitrogens with zero attached hydrogens (tertiary/aromatic N) is 3. The normalized spacial score (nSPS) is 21.6. The maximum absolute atomic E-state index is 14.1. The Kier molecular flexibility index (Phi) is 7.24. The van der Waals surface area contributed by atoms with Gasteiger partial charge in [-0.1, -0.05) is 12.8 Å². The Morgan fingerprint density at radius 2 is 1.89 bits per heavy atom. The lowest BCUT2D eigenvalue weighted by molar-refractivity contribution is -0.137. The lowest BCUT2D eigenvalue weighted by Gasteiger charge is -2.33. The van der Waals surface area contributed by atoms with Gasteiger partial charge in [-0.25, -0.2) is 9.97 Å². The maximum atomic E-state index is 14.1. The smallest absolute Gasteiger partial charge is 0.419 e. The molecule has 8 bridgehead atoms. The van der Waals surface area contributed by atoms with E-state index in [4.69, 9.17) is 4.74 Å². The fourth-order valence-electron chi connectivity index (χ4n) is 5.41. The van der Waals surface area contributed by atoms with Gasteiger partial charge in [-0.05, 0) is 64.2 Å². The van der Waals surface area contributed by atoms with Gasteiger partial charge in [-0.3, -0.25) is 0 Å². The Morgan fingerprint density at radius 3 is 2.68 bits per heavy atom. The second-order valence-corrected chi connectivity index (χ2v) is 13.5. The first-order chi connectivity index (χ1) is 17.6. The van der Waals surface area contributed by atoms with E-state index in [0.29, 0.717) is 28.6 Å². The van der Waals surface area contributed by atoms with Crippen molar-refractivity contribution < 1.29 is 22.5 Å². The van der Waals surface area contributed by atoms with Crippen molar-refractivity contribution in [1.29, 1.82) is 0 Å². The van der Waals surface area contributed by atoms with Gasteiger partial charge in [0.25, 0.3) is 0 Å². The van der Waals surface area contributed by atoms with Crippen molar-refractivity contribution in [3.63, 3.8) is 0 Å². The fourth-order valence-corrected chi connectivity index (χ4v) is 6.80. The van der Waals surface area contributed by atoms with Gasteiger partial charge >= 0.3 is 6.18 Å². The van der Waals surface area contributed by atoms with Crippen LogP contribution in [0.4, 0.5) is 19.1 Å². The molecule has 0 saturated carbocycles. The standard InChI is InChI=1S/C26H33F3N5O2P/c1-37(2,35)24-21-10-9-18-19(14-30-23(18)24)22-20(26(27,28)29)15-31-25(33-22)32-17-8-7-12-34(16-17)11-5-3-4-6-13-36-21/h9-10,14-15,17,30H,3-8,11-13,16H2,1-2H3,(H,31,32,33). The summed E-state index contributed by atoms with van der Waals surface area (Å²) in [6, 6.07) is 3.50. The lowest BCUT2D eigenvalue weighted by Crippen LogP contribution is -2.42. The SMILES string of the molecule is CP(C)(=O)c1c2ccc3c(c[nH]c13)-c1nc(ncc1C(F)(F)F)NC1CCCN(CCCCCCO2)C1. The van der Waals surface area contributed by atoms with E-state index >= 15 is 0 Å². The second-order valence-electron chi connectivity index (χ2n) is 10.4. The van der Waals surface area contributed by atoms with Gasteiger partial charge < -0.3 is 24.5 Å². The van der Waals surface area contributed by atoms with Gasteiger partial charge in [0.2, 0.25) is 5.95 Å². The average Bonchev–Trinajstić information content (AvgIpc) is 3.25. The van der Waals surface area contributed by atoms with Crippen LogP contribution in [-0.4, -0.2) is 65.5 Å². The molecule has 5 heterocycles. The number of hydrogen-bond donors (Lipinski definition) is 2. The molecule has 2 unspecified atom stereocenters. The number of nitrogens with one attached hydrogen (secondary N) is 2. The van der Waals surface area contributed by atoms with Gasteiger partial charge in [0.05, 0.1) is 23.1 Å². The van der Waals surface area contributed by atoms with E-state index < -0.39 is 18.9 Å². The highest BCUT2D eigenvalue weighted by molar-refractivity contribution is 7.70. The van der Waals surface area contributed by atoms with Crippen LogP contribution in [0.3, 0.4) is 0 Å². The molecule has 3 aliphatic rings. The third kappa shape index (κ3) is 5.65. The molecule has 0 amide bonds. The summed E-state index contributed by atoms with van der Waals surface area (Å²) in [5, 5.41) is 4.32. The zero-order valence-corrected chi connectivity index (χ0v) is 22.1. The number of hydrogen-bond acceptors (Lipinski definition) is 6. The molecule has 7 nitrogen and oxygen atoms in total. The predicted octanol–water partition coefficient (Wildman–Crippen LogP) is 5.72. The number of piperidine rings is 1. The van der Waals surface area contributed by atoms with E-state index in [1.54, 1.807) is 25.5 Å². The number of H-pyrrole nitrogens is 1. The number of aromatic amines is 1. The molecule has 11 heteroatoms. The molecule has 200 valence electrons. The average molecular weight is 536 g/mol. The number of rotatable bonds is 1. The molecule has 1 saturated heterocycles. The maximum Gasteiger partial charge on any atom is 0.419 e. The first-order valence-electron chi connectivity index (χ1n) is 12.9. The minimum atomic E-state index is -4.63. The number of ether oxygens (including phenoxy) is 1. The van der Waals surface area contributed by atoms with Gasteiger partial charge in [-0.2, -0.15) is 13.2 Å². The molecule has 3 aromatic rings. The highest BCUT2D eigenvalue weighted by Crippen LogP contribution is 2.44. The van der Waals surface area contributed by atoms with Crippen molar-refractivity contribution in [2.45, 2.75) is 50.7 Å². The Balaban J connectivity index is 1.65. The van der Waals surface area contributed by atoms with Gasteiger partial charge in [0.15, 0.2) is 0 Å². The van der Waals surface area contributed by atoms with Crippen molar-refractivity contribution in [3.8, 4) is 17.0 Å². The molecule has 2 N–H and O–H groups in total. The van der Waals surface area contributed by atoms with Crippen LogP contribution in [0, 0.1) is 0 Å². The summed E-state index contributed by atoms with van der Waals surface area (Å²) in [7, 11) is -2.84. The molecule has 2 atom stereocenters. The minimum absolute atomic E-state index is 0.0667. The first-order valence-corrected chi connectivity index (χ1v) is 15.5. The summed E-state index contributed by atoms with van der Waals surface area (Å²) in [5.41, 5.74) is -0.309. The molecular weight excluding hydrogens is 502 g/mol. The van der Waals surface area contributed by atoms with Crippen LogP contribution in [-0.2, 0) is 10.7 Å². The molecule has 2 aromatic heterocycles. The summed E-state index contributed by atoms with van der Waals surface area (Å²) in [5.74, 6) is 0.687. The van der Waals surface area contributed by atoms with Crippen LogP contribution in [0.5, 0.6) is 5.75 Å². The van der Waals surface area contributed by atoms with Gasteiger partial charge in [0.1, 0.15) is 18.5 Å². The molecule has 0 radical (unpaired) electrons. The van der Waals surface area contributed by atoms with Gasteiger partial charge in [-0.15, -0.1) is 0 Å². The van der Waals surface area contributed by atoms with Crippen LogP contribution < -0.4 is 15.4 Å². The quantitative estimate of drug-likeness (QED) is 0.388. The number of anilines is 1. The van der Waals surface area contributed by atoms with Crippen LogP contribution in [0.15, 0.2) is 24.5 Å². The molecule has 1 aromatic carbocycles. The molecule has 6 rings (SSSR count). The highest BCUT2D eigenvalue weighted by atomic mass is 31.2. The molecule has 3 aliphatic heterocycles. The number of halogens is 3. The Bertz CT molecular complexity index is 1320. The number of fused-ring (bicyclic) bond motifs is 7. The van der Waals surface area contributed by atoms with Crippen molar-refractivity contribution in [2.75, 3.05) is 44.9 Å². The summed E-state index contributed by atoms with van der Waals surface area (Å²) >= 11 is 0. The largest absolute Gasteiger partial charge is 0.493 e. The Labute approximate surface area is 214 Å². The Morgan fingerprint density at radius 1 is 1.11 bits per heavy atom. The summed E-state index contributed by atoms with van der Waals surface area (Å²) in [6.07, 6.45) is 3.75. The van der Waals surface area contributed by atoms with Crippen molar-refractivity contribution in [2.24, 2.45) is 0 Å². The molecular formula is C26H33F3N5O2P. The minimum Gasteiger partial charge on any atom is -0.493 e. The lowest BCUT2D eigenvalue weighted by atomic mass is 10.0. The summed E-state index contributed by atoms with van der Waals surface area (Å²) < 4.78 is 61.6. The molecule has 1 fully saturated rings. The molecule has 0 aliphatic carbocycles. The summed E-state index contributed by atoms with van der Waals surface area (Å²) in [4.78, 5) is 13.9. The monoisotopic (exact) mass is 535 g/mol. The summed E-state index contributed by atoms with van der Waals surface area (Å²) in [6.45, 7) is 6.60. The molecule has 37 heavy (non-hydrogen) atoms. The van der Waals surface area contributed by atoms with E-state index in [1.807, 2.05) is 0 Å². The molecule has 0 spiro atoms. The van der Waals surface area contributed by atoms with E-state index in [9.17, 15) is 17.7 Å². The zero-order chi connectivity index (χ0) is 26.2. The van der Waals surface area contributed by atoms with Crippen molar-refractivity contribution >= 4 is 29.3 Å². The van der Waals surface area contributed by atoms with Gasteiger partial charge in [0, 0.05) is 35.9 Å². The predicted molar refractivity (Wildman–Crippen MR) is 140 cm³/mol. The number of benzene rings is 1. The van der Waals surface area contributed by atoms with Crippen LogP contribution in [0.25, 0.3) is 22.2 Å². The third-order valence-corrected chi connectivity index (χ3v) is 8.67. The Hall–Kier alpha value is -2.58. The van der Waals surface area contributed by atoms with Crippen LogP contribution in [0.1, 0.15) is 44.1 Å². The van der Waals surface area contributed by atoms with Crippen LogP contribution in [0.2, 0.25) is 0 Å². The number of alkyl halides is 3. The van der Waals surface area contributed by atoms with Crippen molar-refractivity contribution in [3.05, 3.63) is 30.1 Å². The van der Waals surface area contributed by atoms with Crippen molar-refractivity contribution in [1.82, 2.24) is 19.9 Å². The van der Waals surface area contributed by atoms with Crippen LogP contribution >= 0.6 is 7.14 Å². The highest BCUT2D eigenvalue weighted by Gasteiger charge is 2.37. The topological polar surface area (TPSA) is 83.1 Å². The fraction of sp³-hybridized carbons (Fsp3) is 0.538. The zero-order valence-electron chi connectivity index (χ0n) is 21.2. The third-order valence-electron chi connectivity index (χ3n) is 7.14. The second kappa shape index (κ2) is 10.3. The van der Waals surface area contributed by atoms with E-state index in [0.717, 1.165) is 64.4 Å². The van der Waals surface area contributed by atoms with E-state index in [2.05, 4.69) is 25.2 Å². The number of aromatic nitrogens is 3.